The van der Waals surface area contributed by atoms with Gasteiger partial charge in [0, 0.05) is 40.6 Å². The molecule has 0 unspecified atom stereocenters. The highest BCUT2D eigenvalue weighted by Crippen LogP contribution is 2.48. The molecular weight excluding hydrogens is 480 g/mol. The molecule has 2 aliphatic rings. The van der Waals surface area contributed by atoms with Crippen LogP contribution in [-0.4, -0.2) is 28.0 Å². The molecule has 1 aliphatic heterocycles. The predicted octanol–water partition coefficient (Wildman–Crippen LogP) is 7.86. The van der Waals surface area contributed by atoms with E-state index in [-0.39, 0.29) is 5.78 Å². The maximum absolute atomic E-state index is 13.2. The Labute approximate surface area is 222 Å². The molecular formula is C31H34N2O3S. The molecule has 0 N–H and O–H groups in total. The maximum atomic E-state index is 13.2. The highest BCUT2D eigenvalue weighted by atomic mass is 32.1. The molecule has 6 heteroatoms. The summed E-state index contributed by atoms with van der Waals surface area (Å²) in [6.45, 7) is 10.4. The number of rotatable bonds is 5. The summed E-state index contributed by atoms with van der Waals surface area (Å²) in [5.41, 5.74) is 6.67. The lowest BCUT2D eigenvalue weighted by molar-refractivity contribution is -0.138. The third-order valence-corrected chi connectivity index (χ3v) is 8.84. The van der Waals surface area contributed by atoms with Crippen molar-refractivity contribution in [3.05, 3.63) is 52.2 Å². The smallest absolute Gasteiger partial charge is 0.163 e. The highest BCUT2D eigenvalue weighted by molar-refractivity contribution is 7.19. The van der Waals surface area contributed by atoms with E-state index in [4.69, 9.17) is 19.4 Å². The first-order chi connectivity index (χ1) is 17.7. The molecule has 1 saturated carbocycles. The van der Waals surface area contributed by atoms with Crippen LogP contribution in [0.15, 0.2) is 30.5 Å². The molecule has 2 aromatic heterocycles. The van der Waals surface area contributed by atoms with E-state index in [1.54, 1.807) is 18.3 Å². The molecule has 1 atom stereocenters. The molecule has 1 aliphatic carbocycles. The van der Waals surface area contributed by atoms with E-state index in [1.165, 1.54) is 36.3 Å². The summed E-state index contributed by atoms with van der Waals surface area (Å²) in [5.74, 6) is 1.40. The first-order valence-corrected chi connectivity index (χ1v) is 14.2. The van der Waals surface area contributed by atoms with Crippen LogP contribution in [0, 0.1) is 6.92 Å². The largest absolute Gasteiger partial charge is 0.493 e. The van der Waals surface area contributed by atoms with Crippen molar-refractivity contribution in [2.24, 2.45) is 0 Å². The minimum atomic E-state index is -0.682. The zero-order valence-electron chi connectivity index (χ0n) is 22.3. The number of nitrogens with zero attached hydrogens (tertiary/aromatic N) is 2. The summed E-state index contributed by atoms with van der Waals surface area (Å²) in [4.78, 5) is 23.2. The number of benzene rings is 2. The minimum Gasteiger partial charge on any atom is -0.493 e. The Kier molecular flexibility index (Phi) is 6.08. The van der Waals surface area contributed by atoms with Crippen molar-refractivity contribution in [3.63, 3.8) is 0 Å². The molecule has 6 rings (SSSR count). The second kappa shape index (κ2) is 9.17. The number of Topliss-reactive ketones (excluding diaryl/α,β-unsaturated/α-hetero) is 1. The average Bonchev–Trinajstić information content (AvgIpc) is 3.52. The molecule has 3 heterocycles. The van der Waals surface area contributed by atoms with Gasteiger partial charge >= 0.3 is 0 Å². The number of ketones is 1. The van der Waals surface area contributed by atoms with Gasteiger partial charge in [0.1, 0.15) is 11.9 Å². The van der Waals surface area contributed by atoms with E-state index in [9.17, 15) is 4.79 Å². The van der Waals surface area contributed by atoms with Crippen LogP contribution in [0.25, 0.3) is 32.2 Å². The molecule has 0 amide bonds. The monoisotopic (exact) mass is 514 g/mol. The molecule has 1 fully saturated rings. The lowest BCUT2D eigenvalue weighted by atomic mass is 9.88. The SMILES string of the molecule is CC(=O)[C@@H](OC(C)(C)C)c1c(C)cc2nc(C3CCCC3)sc2c1-c1ccc2c3c(ccnc13)CCO2. The topological polar surface area (TPSA) is 61.3 Å². The van der Waals surface area contributed by atoms with Crippen molar-refractivity contribution in [2.75, 3.05) is 6.61 Å². The van der Waals surface area contributed by atoms with Crippen LogP contribution in [0.5, 0.6) is 5.75 Å². The number of hydrogen-bond acceptors (Lipinski definition) is 6. The zero-order chi connectivity index (χ0) is 25.9. The lowest BCUT2D eigenvalue weighted by Gasteiger charge is -2.29. The number of fused-ring (bicyclic) bond motifs is 1. The Bertz CT molecular complexity index is 1520. The van der Waals surface area contributed by atoms with Gasteiger partial charge in [0.25, 0.3) is 0 Å². The van der Waals surface area contributed by atoms with Gasteiger partial charge in [-0.05, 0) is 82.9 Å². The first kappa shape index (κ1) is 24.5. The number of carbonyl (C=O) groups excluding carboxylic acids is 1. The van der Waals surface area contributed by atoms with Gasteiger partial charge in [0.2, 0.25) is 0 Å². The Balaban J connectivity index is 1.69. The van der Waals surface area contributed by atoms with Crippen LogP contribution in [-0.2, 0) is 16.0 Å². The van der Waals surface area contributed by atoms with Gasteiger partial charge in [-0.2, -0.15) is 0 Å². The van der Waals surface area contributed by atoms with E-state index < -0.39 is 11.7 Å². The van der Waals surface area contributed by atoms with Gasteiger partial charge in [-0.25, -0.2) is 4.98 Å². The fraction of sp³-hybridized carbons (Fsp3) is 0.452. The summed E-state index contributed by atoms with van der Waals surface area (Å²) in [6, 6.07) is 8.41. The van der Waals surface area contributed by atoms with Crippen molar-refractivity contribution >= 4 is 38.2 Å². The van der Waals surface area contributed by atoms with Gasteiger partial charge in [0.15, 0.2) is 5.78 Å². The summed E-state index contributed by atoms with van der Waals surface area (Å²) in [7, 11) is 0. The van der Waals surface area contributed by atoms with Crippen molar-refractivity contribution < 1.29 is 14.3 Å². The Morgan fingerprint density at radius 2 is 1.97 bits per heavy atom. The quantitative estimate of drug-likeness (QED) is 0.271. The molecule has 0 spiro atoms. The van der Waals surface area contributed by atoms with Gasteiger partial charge in [-0.3, -0.25) is 9.78 Å². The normalized spacial score (nSPS) is 16.9. The van der Waals surface area contributed by atoms with E-state index in [0.29, 0.717) is 12.5 Å². The predicted molar refractivity (Wildman–Crippen MR) is 150 cm³/mol. The molecule has 192 valence electrons. The fourth-order valence-electron chi connectivity index (χ4n) is 5.98. The molecule has 5 nitrogen and oxygen atoms in total. The molecule has 2 aromatic carbocycles. The molecule has 0 radical (unpaired) electrons. The van der Waals surface area contributed by atoms with Gasteiger partial charge in [-0.1, -0.05) is 12.8 Å². The van der Waals surface area contributed by atoms with E-state index in [2.05, 4.69) is 31.2 Å². The summed E-state index contributed by atoms with van der Waals surface area (Å²) >= 11 is 1.79. The first-order valence-electron chi connectivity index (χ1n) is 13.4. The van der Waals surface area contributed by atoms with Gasteiger partial charge < -0.3 is 9.47 Å². The molecule has 4 aromatic rings. The van der Waals surface area contributed by atoms with Crippen molar-refractivity contribution in [2.45, 2.75) is 84.3 Å². The number of carbonyl (C=O) groups is 1. The van der Waals surface area contributed by atoms with E-state index in [0.717, 1.165) is 55.5 Å². The Morgan fingerprint density at radius 3 is 2.70 bits per heavy atom. The number of aromatic nitrogens is 2. The summed E-state index contributed by atoms with van der Waals surface area (Å²) < 4.78 is 13.6. The number of aryl methyl sites for hydroxylation is 1. The van der Waals surface area contributed by atoms with E-state index in [1.807, 2.05) is 27.0 Å². The third-order valence-electron chi connectivity index (χ3n) is 7.59. The maximum Gasteiger partial charge on any atom is 0.163 e. The summed E-state index contributed by atoms with van der Waals surface area (Å²) in [5, 5.41) is 2.28. The average molecular weight is 515 g/mol. The second-order valence-corrected chi connectivity index (χ2v) is 12.5. The van der Waals surface area contributed by atoms with Crippen molar-refractivity contribution in [1.29, 1.82) is 0 Å². The zero-order valence-corrected chi connectivity index (χ0v) is 23.1. The fourth-order valence-corrected chi connectivity index (χ4v) is 7.27. The third kappa shape index (κ3) is 4.34. The van der Waals surface area contributed by atoms with Crippen LogP contribution >= 0.6 is 11.3 Å². The van der Waals surface area contributed by atoms with Crippen LogP contribution in [0.1, 0.15) is 87.1 Å². The number of ether oxygens (including phenoxy) is 2. The highest BCUT2D eigenvalue weighted by Gasteiger charge is 2.32. The number of hydrogen-bond donors (Lipinski definition) is 0. The van der Waals surface area contributed by atoms with Crippen molar-refractivity contribution in [1.82, 2.24) is 9.97 Å². The summed E-state index contributed by atoms with van der Waals surface area (Å²) in [6.07, 6.45) is 7.01. The number of thiazole rings is 1. The molecule has 0 bridgehead atoms. The van der Waals surface area contributed by atoms with Crippen LogP contribution in [0.2, 0.25) is 0 Å². The standard InChI is InChI=1S/C31H34N2O3S/c1-17-16-22-29(37-30(33-22)20-8-6-7-9-20)26(24(17)28(18(2)34)36-31(3,4)5)21-10-11-23-25-19(13-15-35-23)12-14-32-27(21)25/h10-12,14,16,20,28H,6-9,13,15H2,1-5H3/t28-/m1/s1. The Hall–Kier alpha value is -2.83. The Morgan fingerprint density at radius 1 is 1.19 bits per heavy atom. The second-order valence-electron chi connectivity index (χ2n) is 11.5. The minimum absolute atomic E-state index is 0.00168. The van der Waals surface area contributed by atoms with Crippen LogP contribution < -0.4 is 4.74 Å². The van der Waals surface area contributed by atoms with Crippen LogP contribution in [0.4, 0.5) is 0 Å². The molecule has 0 saturated heterocycles. The molecule has 37 heavy (non-hydrogen) atoms. The lowest BCUT2D eigenvalue weighted by Crippen LogP contribution is -2.27. The number of pyridine rings is 1. The van der Waals surface area contributed by atoms with Gasteiger partial charge in [0.05, 0.1) is 32.9 Å². The van der Waals surface area contributed by atoms with Crippen LogP contribution in [0.3, 0.4) is 0 Å². The van der Waals surface area contributed by atoms with Gasteiger partial charge in [-0.15, -0.1) is 11.3 Å². The van der Waals surface area contributed by atoms with E-state index >= 15 is 0 Å². The van der Waals surface area contributed by atoms with Crippen molar-refractivity contribution in [3.8, 4) is 16.9 Å².